The van der Waals surface area contributed by atoms with E-state index in [4.69, 9.17) is 11.6 Å². The summed E-state index contributed by atoms with van der Waals surface area (Å²) in [5.74, 6) is 2.00. The third-order valence-electron chi connectivity index (χ3n) is 1.62. The smallest absolute Gasteiger partial charge is 0.0231 e. The van der Waals surface area contributed by atoms with Crippen LogP contribution in [0.5, 0.6) is 0 Å². The van der Waals surface area contributed by atoms with Gasteiger partial charge in [-0.2, -0.15) is 12.6 Å². The quantitative estimate of drug-likeness (QED) is 0.341. The van der Waals surface area contributed by atoms with E-state index >= 15 is 0 Å². The van der Waals surface area contributed by atoms with Crippen molar-refractivity contribution in [2.45, 2.75) is 19.3 Å². The van der Waals surface area contributed by atoms with E-state index in [-0.39, 0.29) is 0 Å². The lowest BCUT2D eigenvalue weighted by molar-refractivity contribution is 0.586. The van der Waals surface area contributed by atoms with Crippen molar-refractivity contribution < 1.29 is 0 Å². The highest BCUT2D eigenvalue weighted by Gasteiger charge is 2.10. The molecule has 0 atom stereocenters. The maximum atomic E-state index is 5.56. The molecule has 1 aliphatic heterocycles. The van der Waals surface area contributed by atoms with E-state index in [1.807, 2.05) is 11.9 Å². The standard InChI is InChI=1S/C7H14ClNS.CH4S/c8-4-3-7-10-9-5-1-2-6-9;1-2/h1-7H2;2H,1H3. The number of hydrogen-bond donors (Lipinski definition) is 1. The molecule has 0 aromatic rings. The van der Waals surface area contributed by atoms with Crippen LogP contribution >= 0.6 is 36.2 Å². The van der Waals surface area contributed by atoms with Crippen LogP contribution in [0.1, 0.15) is 19.3 Å². The fourth-order valence-corrected chi connectivity index (χ4v) is 2.41. The summed E-state index contributed by atoms with van der Waals surface area (Å²) in [6, 6.07) is 0. The van der Waals surface area contributed by atoms with Crippen molar-refractivity contribution in [1.29, 1.82) is 0 Å². The van der Waals surface area contributed by atoms with Crippen LogP contribution in [0.15, 0.2) is 0 Å². The lowest BCUT2D eigenvalue weighted by Gasteiger charge is -2.11. The molecule has 0 spiro atoms. The molecular weight excluding hydrogens is 210 g/mol. The lowest BCUT2D eigenvalue weighted by Crippen LogP contribution is -2.09. The van der Waals surface area contributed by atoms with Gasteiger partial charge >= 0.3 is 0 Å². The SMILES string of the molecule is CS.ClCCCSN1CCCC1. The predicted molar refractivity (Wildman–Crippen MR) is 63.5 cm³/mol. The molecule has 74 valence electrons. The molecule has 1 aliphatic rings. The van der Waals surface area contributed by atoms with Gasteiger partial charge in [-0.05, 0) is 25.5 Å². The molecule has 0 N–H and O–H groups in total. The first-order valence-electron chi connectivity index (χ1n) is 4.32. The van der Waals surface area contributed by atoms with Crippen LogP contribution in [-0.2, 0) is 0 Å². The molecule has 4 heteroatoms. The van der Waals surface area contributed by atoms with E-state index in [2.05, 4.69) is 16.9 Å². The Labute approximate surface area is 90.8 Å². The zero-order valence-corrected chi connectivity index (χ0v) is 10.1. The van der Waals surface area contributed by atoms with Crippen LogP contribution in [0.25, 0.3) is 0 Å². The number of halogens is 1. The molecule has 0 saturated carbocycles. The topological polar surface area (TPSA) is 3.24 Å². The zero-order chi connectivity index (χ0) is 9.23. The van der Waals surface area contributed by atoms with E-state index in [1.54, 1.807) is 6.26 Å². The largest absolute Gasteiger partial charge is 0.251 e. The van der Waals surface area contributed by atoms with Gasteiger partial charge in [-0.15, -0.1) is 11.6 Å². The van der Waals surface area contributed by atoms with Crippen LogP contribution in [0.3, 0.4) is 0 Å². The van der Waals surface area contributed by atoms with Gasteiger partial charge in [0.15, 0.2) is 0 Å². The molecule has 0 amide bonds. The van der Waals surface area contributed by atoms with Crippen molar-refractivity contribution in [2.75, 3.05) is 31.0 Å². The normalized spacial score (nSPS) is 17.2. The van der Waals surface area contributed by atoms with Gasteiger partial charge in [0, 0.05) is 24.7 Å². The van der Waals surface area contributed by atoms with E-state index < -0.39 is 0 Å². The van der Waals surface area contributed by atoms with Crippen molar-refractivity contribution in [1.82, 2.24) is 4.31 Å². The Morgan fingerprint density at radius 1 is 1.33 bits per heavy atom. The van der Waals surface area contributed by atoms with Crippen molar-refractivity contribution in [3.05, 3.63) is 0 Å². The number of hydrogen-bond acceptors (Lipinski definition) is 3. The van der Waals surface area contributed by atoms with Gasteiger partial charge in [0.05, 0.1) is 0 Å². The molecule has 1 fully saturated rings. The van der Waals surface area contributed by atoms with Gasteiger partial charge in [-0.3, -0.25) is 4.31 Å². The maximum absolute atomic E-state index is 5.56. The molecule has 0 radical (unpaired) electrons. The molecule has 1 saturated heterocycles. The highest BCUT2D eigenvalue weighted by molar-refractivity contribution is 7.97. The molecule has 1 heterocycles. The van der Waals surface area contributed by atoms with Gasteiger partial charge in [0.2, 0.25) is 0 Å². The number of rotatable bonds is 4. The van der Waals surface area contributed by atoms with Crippen LogP contribution in [0, 0.1) is 0 Å². The molecule has 1 rings (SSSR count). The molecular formula is C8H18ClNS2. The fraction of sp³-hybridized carbons (Fsp3) is 1.00. The summed E-state index contributed by atoms with van der Waals surface area (Å²) in [6.07, 6.45) is 5.60. The predicted octanol–water partition coefficient (Wildman–Crippen LogP) is 2.91. The minimum Gasteiger partial charge on any atom is -0.251 e. The first-order valence-corrected chi connectivity index (χ1v) is 6.69. The van der Waals surface area contributed by atoms with Gasteiger partial charge in [-0.1, -0.05) is 11.9 Å². The lowest BCUT2D eigenvalue weighted by atomic mass is 10.4. The summed E-state index contributed by atoms with van der Waals surface area (Å²) < 4.78 is 2.45. The minimum atomic E-state index is 0.806. The summed E-state index contributed by atoms with van der Waals surface area (Å²) in [6.45, 7) is 2.57. The maximum Gasteiger partial charge on any atom is 0.0231 e. The third-order valence-corrected chi connectivity index (χ3v) is 3.09. The average molecular weight is 228 g/mol. The second-order valence-electron chi connectivity index (χ2n) is 2.51. The van der Waals surface area contributed by atoms with E-state index in [0.29, 0.717) is 0 Å². The van der Waals surface area contributed by atoms with Crippen molar-refractivity contribution in [3.63, 3.8) is 0 Å². The minimum absolute atomic E-state index is 0.806. The molecule has 0 aliphatic carbocycles. The molecule has 0 unspecified atom stereocenters. The Bertz CT molecular complexity index is 87.1. The fourth-order valence-electron chi connectivity index (χ4n) is 1.07. The molecule has 0 aromatic carbocycles. The summed E-state index contributed by atoms with van der Waals surface area (Å²) in [5, 5.41) is 0. The number of alkyl halides is 1. The molecule has 0 bridgehead atoms. The Balaban J connectivity index is 0.000000561. The first kappa shape index (κ1) is 12.9. The highest BCUT2D eigenvalue weighted by atomic mass is 35.5. The Morgan fingerprint density at radius 3 is 2.42 bits per heavy atom. The summed E-state index contributed by atoms with van der Waals surface area (Å²) in [4.78, 5) is 0. The second kappa shape index (κ2) is 10.0. The Kier molecular flexibility index (Phi) is 10.8. The van der Waals surface area contributed by atoms with Crippen LogP contribution < -0.4 is 0 Å². The second-order valence-corrected chi connectivity index (χ2v) is 4.07. The summed E-state index contributed by atoms with van der Waals surface area (Å²) in [5.41, 5.74) is 0. The van der Waals surface area contributed by atoms with Gasteiger partial charge in [0.25, 0.3) is 0 Å². The van der Waals surface area contributed by atoms with E-state index in [1.165, 1.54) is 31.7 Å². The van der Waals surface area contributed by atoms with Crippen LogP contribution in [0.4, 0.5) is 0 Å². The van der Waals surface area contributed by atoms with Gasteiger partial charge < -0.3 is 0 Å². The monoisotopic (exact) mass is 227 g/mol. The highest BCUT2D eigenvalue weighted by Crippen LogP contribution is 2.18. The molecule has 1 nitrogen and oxygen atoms in total. The van der Waals surface area contributed by atoms with Crippen molar-refractivity contribution >= 4 is 36.2 Å². The van der Waals surface area contributed by atoms with Gasteiger partial charge in [-0.25, -0.2) is 0 Å². The van der Waals surface area contributed by atoms with E-state index in [0.717, 1.165) is 12.3 Å². The Morgan fingerprint density at radius 2 is 1.92 bits per heavy atom. The zero-order valence-electron chi connectivity index (χ0n) is 7.63. The van der Waals surface area contributed by atoms with Crippen LogP contribution in [0.2, 0.25) is 0 Å². The van der Waals surface area contributed by atoms with Gasteiger partial charge in [0.1, 0.15) is 0 Å². The van der Waals surface area contributed by atoms with Crippen LogP contribution in [-0.4, -0.2) is 35.3 Å². The molecule has 0 aromatic heterocycles. The first-order chi connectivity index (χ1) is 5.93. The van der Waals surface area contributed by atoms with E-state index in [9.17, 15) is 0 Å². The summed E-state index contributed by atoms with van der Waals surface area (Å²) >= 11 is 11.0. The third kappa shape index (κ3) is 6.46. The number of nitrogens with zero attached hydrogens (tertiary/aromatic N) is 1. The molecule has 12 heavy (non-hydrogen) atoms. The average Bonchev–Trinajstić information content (AvgIpc) is 2.61. The number of thiol groups is 1. The Hall–Kier alpha value is 0.950. The van der Waals surface area contributed by atoms with Crippen molar-refractivity contribution in [2.24, 2.45) is 0 Å². The summed E-state index contributed by atoms with van der Waals surface area (Å²) in [7, 11) is 0. The van der Waals surface area contributed by atoms with Crippen molar-refractivity contribution in [3.8, 4) is 0 Å².